The Labute approximate surface area is 194 Å². The summed E-state index contributed by atoms with van der Waals surface area (Å²) >= 11 is 0. The Morgan fingerprint density at radius 2 is 2.00 bits per heavy atom. The number of anilines is 1. The van der Waals surface area contributed by atoms with Crippen LogP contribution in [0.3, 0.4) is 0 Å². The van der Waals surface area contributed by atoms with E-state index in [-0.39, 0.29) is 0 Å². The molecule has 1 aromatic heterocycles. The minimum atomic E-state index is 0.319. The molecule has 4 rings (SSSR count). The van der Waals surface area contributed by atoms with Crippen molar-refractivity contribution in [1.82, 2.24) is 15.2 Å². The van der Waals surface area contributed by atoms with Crippen molar-refractivity contribution in [1.29, 1.82) is 0 Å². The Kier molecular flexibility index (Phi) is 7.69. The number of aromatic nitrogens is 1. The van der Waals surface area contributed by atoms with Crippen LogP contribution in [0.2, 0.25) is 0 Å². The molecule has 0 unspecified atom stereocenters. The number of fused-ring (bicyclic) bond motifs is 2. The lowest BCUT2D eigenvalue weighted by molar-refractivity contribution is 0.148. The van der Waals surface area contributed by atoms with Crippen LogP contribution in [0.5, 0.6) is 5.75 Å². The van der Waals surface area contributed by atoms with Crippen LogP contribution in [0.15, 0.2) is 36.5 Å². The summed E-state index contributed by atoms with van der Waals surface area (Å²) in [6.45, 7) is 10.8. The van der Waals surface area contributed by atoms with E-state index in [1.165, 1.54) is 30.5 Å². The minimum Gasteiger partial charge on any atom is -0.492 e. The lowest BCUT2D eigenvalue weighted by Crippen LogP contribution is -2.46. The van der Waals surface area contributed by atoms with Gasteiger partial charge in [-0.1, -0.05) is 32.9 Å². The smallest absolute Gasteiger partial charge is 0.142 e. The fourth-order valence-electron chi connectivity index (χ4n) is 5.56. The third kappa shape index (κ3) is 4.79. The first-order chi connectivity index (χ1) is 15.7. The summed E-state index contributed by atoms with van der Waals surface area (Å²) in [5, 5.41) is 3.81. The van der Waals surface area contributed by atoms with Gasteiger partial charge in [0.05, 0.1) is 18.3 Å². The fraction of sp³-hybridized carbons (Fsp3) is 0.593. The van der Waals surface area contributed by atoms with Gasteiger partial charge in [0.15, 0.2) is 0 Å². The van der Waals surface area contributed by atoms with E-state index in [0.717, 1.165) is 50.5 Å². The van der Waals surface area contributed by atoms with Gasteiger partial charge < -0.3 is 15.0 Å². The van der Waals surface area contributed by atoms with Crippen LogP contribution in [0, 0.1) is 0 Å². The zero-order valence-electron chi connectivity index (χ0n) is 20.3. The Balaban J connectivity index is 1.52. The van der Waals surface area contributed by atoms with E-state index < -0.39 is 0 Å². The fourth-order valence-corrected chi connectivity index (χ4v) is 5.56. The molecule has 0 fully saturated rings. The molecule has 1 N–H and O–H groups in total. The second-order valence-corrected chi connectivity index (χ2v) is 9.34. The summed E-state index contributed by atoms with van der Waals surface area (Å²) in [5.74, 6) is 0.945. The van der Waals surface area contributed by atoms with Crippen molar-refractivity contribution >= 4 is 5.69 Å². The van der Waals surface area contributed by atoms with Crippen molar-refractivity contribution in [3.8, 4) is 5.75 Å². The maximum Gasteiger partial charge on any atom is 0.142 e. The molecule has 2 atom stereocenters. The van der Waals surface area contributed by atoms with Crippen LogP contribution in [-0.2, 0) is 13.0 Å². The van der Waals surface area contributed by atoms with Crippen LogP contribution >= 0.6 is 0 Å². The molecule has 32 heavy (non-hydrogen) atoms. The topological polar surface area (TPSA) is 40.6 Å². The first-order valence-corrected chi connectivity index (χ1v) is 12.5. The molecule has 0 saturated heterocycles. The number of benzene rings is 1. The highest BCUT2D eigenvalue weighted by atomic mass is 16.5. The summed E-state index contributed by atoms with van der Waals surface area (Å²) in [6, 6.07) is 12.3. The summed E-state index contributed by atoms with van der Waals surface area (Å²) in [7, 11) is 2.24. The molecular weight excluding hydrogens is 396 g/mol. The highest BCUT2D eigenvalue weighted by molar-refractivity contribution is 5.58. The first-order valence-electron chi connectivity index (χ1n) is 12.5. The van der Waals surface area contributed by atoms with Gasteiger partial charge in [0.1, 0.15) is 5.75 Å². The molecule has 0 aliphatic carbocycles. The molecule has 0 radical (unpaired) electrons. The predicted octanol–water partition coefficient (Wildman–Crippen LogP) is 4.96. The molecule has 1 aromatic carbocycles. The number of hydrogen-bond donors (Lipinski definition) is 1. The average Bonchev–Trinajstić information content (AvgIpc) is 2.83. The average molecular weight is 437 g/mol. The summed E-state index contributed by atoms with van der Waals surface area (Å²) in [4.78, 5) is 9.81. The summed E-state index contributed by atoms with van der Waals surface area (Å²) < 4.78 is 5.84. The number of nitrogens with one attached hydrogen (secondary N) is 1. The zero-order chi connectivity index (χ0) is 22.5. The largest absolute Gasteiger partial charge is 0.492 e. The molecule has 0 bridgehead atoms. The Hall–Kier alpha value is -2.11. The van der Waals surface area contributed by atoms with Gasteiger partial charge in [0, 0.05) is 50.0 Å². The van der Waals surface area contributed by atoms with Crippen molar-refractivity contribution in [3.63, 3.8) is 0 Å². The van der Waals surface area contributed by atoms with E-state index in [2.05, 4.69) is 66.1 Å². The normalized spacial score (nSPS) is 20.1. The lowest BCUT2D eigenvalue weighted by Gasteiger charge is -2.39. The monoisotopic (exact) mass is 436 g/mol. The van der Waals surface area contributed by atoms with E-state index in [1.54, 1.807) is 5.56 Å². The van der Waals surface area contributed by atoms with Crippen molar-refractivity contribution in [3.05, 3.63) is 53.3 Å². The predicted molar refractivity (Wildman–Crippen MR) is 133 cm³/mol. The van der Waals surface area contributed by atoms with Gasteiger partial charge in [-0.3, -0.25) is 9.88 Å². The van der Waals surface area contributed by atoms with Crippen LogP contribution in [0.4, 0.5) is 5.69 Å². The molecule has 0 spiro atoms. The maximum atomic E-state index is 5.84. The van der Waals surface area contributed by atoms with Gasteiger partial charge in [-0.2, -0.15) is 0 Å². The molecule has 5 nitrogen and oxygen atoms in total. The highest BCUT2D eigenvalue weighted by Crippen LogP contribution is 2.35. The van der Waals surface area contributed by atoms with Gasteiger partial charge in [0.2, 0.25) is 0 Å². The van der Waals surface area contributed by atoms with E-state index >= 15 is 0 Å². The molecule has 2 aliphatic heterocycles. The number of rotatable bonds is 9. The van der Waals surface area contributed by atoms with E-state index in [0.29, 0.717) is 18.1 Å². The summed E-state index contributed by atoms with van der Waals surface area (Å²) in [5.41, 5.74) is 5.56. The molecule has 5 heteroatoms. The van der Waals surface area contributed by atoms with Crippen LogP contribution in [0.25, 0.3) is 0 Å². The quantitative estimate of drug-likeness (QED) is 0.602. The second-order valence-electron chi connectivity index (χ2n) is 9.34. The molecule has 2 aliphatic rings. The molecule has 174 valence electrons. The molecule has 3 heterocycles. The number of hydrogen-bond acceptors (Lipinski definition) is 5. The van der Waals surface area contributed by atoms with Crippen LogP contribution in [-0.4, -0.2) is 48.7 Å². The van der Waals surface area contributed by atoms with E-state index in [1.807, 2.05) is 18.3 Å². The third-order valence-electron chi connectivity index (χ3n) is 7.24. The van der Waals surface area contributed by atoms with E-state index in [9.17, 15) is 0 Å². The van der Waals surface area contributed by atoms with Gasteiger partial charge in [0.25, 0.3) is 0 Å². The summed E-state index contributed by atoms with van der Waals surface area (Å²) in [6.07, 6.45) is 7.53. The van der Waals surface area contributed by atoms with Crippen molar-refractivity contribution in [2.75, 3.05) is 31.6 Å². The van der Waals surface area contributed by atoms with Crippen LogP contribution < -0.4 is 15.0 Å². The molecule has 0 saturated carbocycles. The SMILES string of the molecule is CCCN(c1cccc2c1C[C@H](CN(C)[C@H]1CCOc3cccnc31)NC2)C(CC)CC. The molecule has 0 amide bonds. The van der Waals surface area contributed by atoms with Gasteiger partial charge in [-0.05, 0) is 62.1 Å². The van der Waals surface area contributed by atoms with Crippen molar-refractivity contribution in [2.24, 2.45) is 0 Å². The third-order valence-corrected chi connectivity index (χ3v) is 7.24. The molecule has 2 aromatic rings. The lowest BCUT2D eigenvalue weighted by atomic mass is 9.92. The van der Waals surface area contributed by atoms with Crippen LogP contribution in [0.1, 0.15) is 69.3 Å². The van der Waals surface area contributed by atoms with Gasteiger partial charge >= 0.3 is 0 Å². The first kappa shape index (κ1) is 23.1. The number of ether oxygens (including phenoxy) is 1. The van der Waals surface area contributed by atoms with Crippen molar-refractivity contribution in [2.45, 2.75) is 77.5 Å². The maximum absolute atomic E-state index is 5.84. The zero-order valence-corrected chi connectivity index (χ0v) is 20.3. The second kappa shape index (κ2) is 10.7. The molecular formula is C27H40N4O. The Morgan fingerprint density at radius 3 is 2.78 bits per heavy atom. The van der Waals surface area contributed by atoms with Gasteiger partial charge in [-0.25, -0.2) is 0 Å². The Bertz CT molecular complexity index is 882. The minimum absolute atomic E-state index is 0.319. The number of nitrogens with zero attached hydrogens (tertiary/aromatic N) is 3. The van der Waals surface area contributed by atoms with Crippen molar-refractivity contribution < 1.29 is 4.74 Å². The number of pyridine rings is 1. The number of likely N-dealkylation sites (N-methyl/N-ethyl adjacent to an activating group) is 1. The highest BCUT2D eigenvalue weighted by Gasteiger charge is 2.30. The van der Waals surface area contributed by atoms with Gasteiger partial charge in [-0.15, -0.1) is 0 Å². The Morgan fingerprint density at radius 1 is 1.16 bits per heavy atom. The van der Waals surface area contributed by atoms with E-state index in [4.69, 9.17) is 4.74 Å². The standard InChI is InChI=1S/C27H40N4O/c1-5-15-31(22(6-2)7-3)24-11-8-10-20-18-29-21(17-23(20)24)19-30(4)25-13-16-32-26-12-9-14-28-27(25)26/h8-12,14,21-22,25,29H,5-7,13,15-19H2,1-4H3/t21-,25+/m1/s1.